The van der Waals surface area contributed by atoms with Crippen molar-refractivity contribution in [2.75, 3.05) is 7.11 Å². The predicted molar refractivity (Wildman–Crippen MR) is 79.3 cm³/mol. The number of benzene rings is 1. The van der Waals surface area contributed by atoms with Gasteiger partial charge in [-0.3, -0.25) is 9.59 Å². The van der Waals surface area contributed by atoms with Crippen LogP contribution in [-0.2, 0) is 16.1 Å². The first-order valence-electron chi connectivity index (χ1n) is 6.46. The van der Waals surface area contributed by atoms with Crippen molar-refractivity contribution in [1.82, 2.24) is 10.7 Å². The van der Waals surface area contributed by atoms with E-state index >= 15 is 0 Å². The van der Waals surface area contributed by atoms with Gasteiger partial charge in [-0.25, -0.2) is 5.43 Å². The average Bonchev–Trinajstić information content (AvgIpc) is 3.06. The number of methoxy groups -OCH3 is 1. The van der Waals surface area contributed by atoms with Crippen LogP contribution in [-0.4, -0.2) is 25.1 Å². The maximum atomic E-state index is 11.5. The monoisotopic (exact) mass is 301 g/mol. The van der Waals surface area contributed by atoms with Crippen molar-refractivity contribution in [2.45, 2.75) is 6.54 Å². The molecule has 22 heavy (non-hydrogen) atoms. The van der Waals surface area contributed by atoms with Crippen molar-refractivity contribution in [1.29, 1.82) is 0 Å². The first-order valence-corrected chi connectivity index (χ1v) is 6.46. The van der Waals surface area contributed by atoms with E-state index in [0.29, 0.717) is 11.5 Å². The summed E-state index contributed by atoms with van der Waals surface area (Å²) < 4.78 is 10.1. The van der Waals surface area contributed by atoms with E-state index < -0.39 is 11.8 Å². The highest BCUT2D eigenvalue weighted by molar-refractivity contribution is 6.35. The molecule has 2 N–H and O–H groups in total. The van der Waals surface area contributed by atoms with Gasteiger partial charge in [0.1, 0.15) is 11.5 Å². The molecule has 2 amide bonds. The fourth-order valence-corrected chi connectivity index (χ4v) is 1.60. The number of carbonyl (C=O) groups excluding carboxylic acids is 2. The van der Waals surface area contributed by atoms with Crippen LogP contribution in [0.1, 0.15) is 11.3 Å². The molecule has 1 heterocycles. The topological polar surface area (TPSA) is 92.9 Å². The van der Waals surface area contributed by atoms with Crippen molar-refractivity contribution in [2.24, 2.45) is 5.10 Å². The van der Waals surface area contributed by atoms with Crippen LogP contribution in [0.3, 0.4) is 0 Å². The molecule has 114 valence electrons. The lowest BCUT2D eigenvalue weighted by molar-refractivity contribution is -0.139. The number of furan rings is 1. The van der Waals surface area contributed by atoms with E-state index in [-0.39, 0.29) is 6.54 Å². The molecular formula is C15H15N3O4. The summed E-state index contributed by atoms with van der Waals surface area (Å²) in [6.45, 7) is 0.138. The van der Waals surface area contributed by atoms with E-state index in [1.165, 1.54) is 12.5 Å². The minimum Gasteiger partial charge on any atom is -0.497 e. The molecule has 7 heteroatoms. The molecule has 0 aliphatic carbocycles. The summed E-state index contributed by atoms with van der Waals surface area (Å²) in [5.41, 5.74) is 2.88. The first kappa shape index (κ1) is 15.3. The molecule has 0 saturated heterocycles. The highest BCUT2D eigenvalue weighted by Gasteiger charge is 2.12. The molecule has 0 fully saturated rings. The highest BCUT2D eigenvalue weighted by Crippen LogP contribution is 2.10. The van der Waals surface area contributed by atoms with Crippen molar-refractivity contribution in [3.63, 3.8) is 0 Å². The minimum absolute atomic E-state index is 0.138. The zero-order valence-corrected chi connectivity index (χ0v) is 11.9. The van der Waals surface area contributed by atoms with Gasteiger partial charge in [-0.1, -0.05) is 12.1 Å². The molecule has 0 atom stereocenters. The van der Waals surface area contributed by atoms with E-state index in [4.69, 9.17) is 9.15 Å². The second kappa shape index (κ2) is 7.63. The molecule has 0 aliphatic heterocycles. The number of ether oxygens (including phenoxy) is 1. The Labute approximate surface area is 127 Å². The second-order valence-corrected chi connectivity index (χ2v) is 4.24. The van der Waals surface area contributed by atoms with Gasteiger partial charge >= 0.3 is 11.8 Å². The third-order valence-electron chi connectivity index (χ3n) is 2.68. The lowest BCUT2D eigenvalue weighted by Gasteiger charge is -2.02. The Morgan fingerprint density at radius 2 is 2.14 bits per heavy atom. The van der Waals surface area contributed by atoms with Gasteiger partial charge in [0.2, 0.25) is 0 Å². The summed E-state index contributed by atoms with van der Waals surface area (Å²) in [5, 5.41) is 6.13. The average molecular weight is 301 g/mol. The first-order chi connectivity index (χ1) is 10.7. The van der Waals surface area contributed by atoms with Crippen molar-refractivity contribution in [3.05, 3.63) is 54.0 Å². The minimum atomic E-state index is -0.856. The molecule has 0 bridgehead atoms. The van der Waals surface area contributed by atoms with Gasteiger partial charge in [-0.2, -0.15) is 5.10 Å². The van der Waals surface area contributed by atoms with Crippen LogP contribution >= 0.6 is 0 Å². The Bertz CT molecular complexity index is 665. The van der Waals surface area contributed by atoms with E-state index in [0.717, 1.165) is 5.56 Å². The molecule has 2 rings (SSSR count). The third-order valence-corrected chi connectivity index (χ3v) is 2.68. The molecule has 0 unspecified atom stereocenters. The number of carbonyl (C=O) groups is 2. The lowest BCUT2D eigenvalue weighted by Crippen LogP contribution is -2.37. The van der Waals surface area contributed by atoms with E-state index in [9.17, 15) is 9.59 Å². The quantitative estimate of drug-likeness (QED) is 0.490. The third kappa shape index (κ3) is 4.48. The van der Waals surface area contributed by atoms with Crippen LogP contribution in [0.25, 0.3) is 0 Å². The van der Waals surface area contributed by atoms with Crippen LogP contribution in [0.15, 0.2) is 52.2 Å². The fourth-order valence-electron chi connectivity index (χ4n) is 1.60. The largest absolute Gasteiger partial charge is 0.497 e. The molecule has 7 nitrogen and oxygen atoms in total. The van der Waals surface area contributed by atoms with Crippen molar-refractivity contribution < 1.29 is 18.7 Å². The van der Waals surface area contributed by atoms with Gasteiger partial charge in [0.25, 0.3) is 0 Å². The molecular weight excluding hydrogens is 286 g/mol. The number of nitrogens with one attached hydrogen (secondary N) is 2. The van der Waals surface area contributed by atoms with E-state index in [2.05, 4.69) is 15.8 Å². The lowest BCUT2D eigenvalue weighted by atomic mass is 10.2. The van der Waals surface area contributed by atoms with E-state index in [1.54, 1.807) is 43.5 Å². The van der Waals surface area contributed by atoms with Crippen molar-refractivity contribution >= 4 is 18.0 Å². The van der Waals surface area contributed by atoms with Crippen LogP contribution < -0.4 is 15.5 Å². The maximum Gasteiger partial charge on any atom is 0.329 e. The molecule has 0 radical (unpaired) electrons. The SMILES string of the molecule is COc1cccc(/C=N/NC(=O)C(=O)NCc2ccco2)c1. The Kier molecular flexibility index (Phi) is 5.31. The summed E-state index contributed by atoms with van der Waals surface area (Å²) in [4.78, 5) is 23.0. The van der Waals surface area contributed by atoms with Crippen LogP contribution in [0.5, 0.6) is 5.75 Å². The van der Waals surface area contributed by atoms with Gasteiger partial charge in [0.15, 0.2) is 0 Å². The van der Waals surface area contributed by atoms with Crippen LogP contribution in [0, 0.1) is 0 Å². The Balaban J connectivity index is 1.80. The Morgan fingerprint density at radius 3 is 2.86 bits per heavy atom. The van der Waals surface area contributed by atoms with Gasteiger partial charge in [-0.15, -0.1) is 0 Å². The van der Waals surface area contributed by atoms with Crippen LogP contribution in [0.2, 0.25) is 0 Å². The Hall–Kier alpha value is -3.09. The van der Waals surface area contributed by atoms with Crippen LogP contribution in [0.4, 0.5) is 0 Å². The summed E-state index contributed by atoms with van der Waals surface area (Å²) in [6.07, 6.45) is 2.90. The number of amides is 2. The molecule has 1 aromatic heterocycles. The number of hydrogen-bond donors (Lipinski definition) is 2. The maximum absolute atomic E-state index is 11.5. The van der Waals surface area contributed by atoms with Gasteiger partial charge in [-0.05, 0) is 29.8 Å². The highest BCUT2D eigenvalue weighted by atomic mass is 16.5. The molecule has 1 aromatic carbocycles. The van der Waals surface area contributed by atoms with E-state index in [1.807, 2.05) is 0 Å². The summed E-state index contributed by atoms with van der Waals surface area (Å²) >= 11 is 0. The van der Waals surface area contributed by atoms with Gasteiger partial charge in [0, 0.05) is 0 Å². The number of hydrogen-bond acceptors (Lipinski definition) is 5. The van der Waals surface area contributed by atoms with Gasteiger partial charge in [0.05, 0.1) is 26.1 Å². The zero-order chi connectivity index (χ0) is 15.8. The normalized spacial score (nSPS) is 10.4. The fraction of sp³-hybridized carbons (Fsp3) is 0.133. The smallest absolute Gasteiger partial charge is 0.329 e. The van der Waals surface area contributed by atoms with Gasteiger partial charge < -0.3 is 14.5 Å². The molecule has 0 saturated carbocycles. The molecule has 0 spiro atoms. The van der Waals surface area contributed by atoms with Crippen molar-refractivity contribution in [3.8, 4) is 5.75 Å². The number of rotatable bonds is 5. The number of hydrazone groups is 1. The second-order valence-electron chi connectivity index (χ2n) is 4.24. The standard InChI is InChI=1S/C15H15N3O4/c1-21-12-5-2-4-11(8-12)9-17-18-15(20)14(19)16-10-13-6-3-7-22-13/h2-9H,10H2,1H3,(H,16,19)(H,18,20)/b17-9+. The Morgan fingerprint density at radius 1 is 1.27 bits per heavy atom. The molecule has 0 aliphatic rings. The molecule has 2 aromatic rings. The zero-order valence-electron chi connectivity index (χ0n) is 11.9. The number of nitrogens with zero attached hydrogens (tertiary/aromatic N) is 1. The summed E-state index contributed by atoms with van der Waals surface area (Å²) in [7, 11) is 1.56. The summed E-state index contributed by atoms with van der Waals surface area (Å²) in [5.74, 6) is -0.419. The predicted octanol–water partition coefficient (Wildman–Crippen LogP) is 1.05. The summed E-state index contributed by atoms with van der Waals surface area (Å²) in [6, 6.07) is 10.5.